The quantitative estimate of drug-likeness (QED) is 0.541. The number of amides is 3. The Balaban J connectivity index is 2.27. The van der Waals surface area contributed by atoms with Gasteiger partial charge in [0.2, 0.25) is 15.9 Å². The number of nitrogens with one attached hydrogen (secondary N) is 4. The van der Waals surface area contributed by atoms with Gasteiger partial charge in [0.25, 0.3) is 11.8 Å². The second kappa shape index (κ2) is 9.17. The molecule has 0 atom stereocenters. The summed E-state index contributed by atoms with van der Waals surface area (Å²) in [6.07, 6.45) is 0.970. The molecule has 3 amide bonds. The Morgan fingerprint density at radius 3 is 1.94 bits per heavy atom. The molecule has 9 nitrogen and oxygen atoms in total. The summed E-state index contributed by atoms with van der Waals surface area (Å²) in [5, 5.41) is 8.06. The molecule has 10 heteroatoms. The molecule has 0 fully saturated rings. The summed E-state index contributed by atoms with van der Waals surface area (Å²) in [5.41, 5.74) is 0.881. The molecule has 31 heavy (non-hydrogen) atoms. The normalized spacial score (nSPS) is 11.4. The average Bonchev–Trinajstić information content (AvgIpc) is 2.60. The predicted octanol–water partition coefficient (Wildman–Crippen LogP) is 2.80. The Bertz CT molecular complexity index is 1100. The molecule has 0 spiro atoms. The highest BCUT2D eigenvalue weighted by Crippen LogP contribution is 2.23. The highest BCUT2D eigenvalue weighted by molar-refractivity contribution is 7.92. The Hall–Kier alpha value is -3.40. The summed E-state index contributed by atoms with van der Waals surface area (Å²) in [5.74, 6) is -1.17. The van der Waals surface area contributed by atoms with Crippen LogP contribution in [-0.4, -0.2) is 37.9 Å². The van der Waals surface area contributed by atoms with Crippen LogP contribution < -0.4 is 20.7 Å². The zero-order valence-electron chi connectivity index (χ0n) is 18.0. The Labute approximate surface area is 181 Å². The molecule has 0 radical (unpaired) electrons. The second-order valence-electron chi connectivity index (χ2n) is 8.05. The van der Waals surface area contributed by atoms with Crippen LogP contribution in [0.5, 0.6) is 0 Å². The summed E-state index contributed by atoms with van der Waals surface area (Å²) in [6.45, 7) is 6.93. The molecule has 2 rings (SSSR count). The zero-order chi connectivity index (χ0) is 23.4. The number of sulfonamides is 1. The first-order valence-corrected chi connectivity index (χ1v) is 11.3. The third kappa shape index (κ3) is 7.74. The van der Waals surface area contributed by atoms with Gasteiger partial charge >= 0.3 is 0 Å². The van der Waals surface area contributed by atoms with Gasteiger partial charge in [-0.25, -0.2) is 8.42 Å². The number of benzene rings is 2. The van der Waals surface area contributed by atoms with E-state index in [4.69, 9.17) is 0 Å². The van der Waals surface area contributed by atoms with Gasteiger partial charge in [-0.2, -0.15) is 0 Å². The molecule has 0 aliphatic heterocycles. The van der Waals surface area contributed by atoms with Crippen LogP contribution in [0.3, 0.4) is 0 Å². The van der Waals surface area contributed by atoms with Crippen molar-refractivity contribution >= 4 is 44.8 Å². The summed E-state index contributed by atoms with van der Waals surface area (Å²) in [6, 6.07) is 10.5. The molecular formula is C21H26N4O5S. The van der Waals surface area contributed by atoms with Crippen molar-refractivity contribution in [2.75, 3.05) is 21.6 Å². The molecule has 0 saturated carbocycles. The molecular weight excluding hydrogens is 420 g/mol. The largest absolute Gasteiger partial charge is 0.347 e. The van der Waals surface area contributed by atoms with Gasteiger partial charge < -0.3 is 16.0 Å². The first-order valence-electron chi connectivity index (χ1n) is 9.37. The van der Waals surface area contributed by atoms with E-state index >= 15 is 0 Å². The number of rotatable bonds is 6. The van der Waals surface area contributed by atoms with Gasteiger partial charge in [0.1, 0.15) is 0 Å². The van der Waals surface area contributed by atoms with Crippen LogP contribution in [0.1, 0.15) is 48.4 Å². The molecule has 0 saturated heterocycles. The van der Waals surface area contributed by atoms with Crippen LogP contribution in [-0.2, 0) is 14.8 Å². The number of carbonyl (C=O) groups is 3. The lowest BCUT2D eigenvalue weighted by Crippen LogP contribution is -2.40. The maximum Gasteiger partial charge on any atom is 0.257 e. The van der Waals surface area contributed by atoms with Gasteiger partial charge in [-0.1, -0.05) is 0 Å². The van der Waals surface area contributed by atoms with E-state index in [0.717, 1.165) is 6.26 Å². The van der Waals surface area contributed by atoms with Gasteiger partial charge in [0.15, 0.2) is 0 Å². The molecule has 2 aromatic rings. The van der Waals surface area contributed by atoms with Gasteiger partial charge in [-0.3, -0.25) is 19.1 Å². The third-order valence-electron chi connectivity index (χ3n) is 3.77. The van der Waals surface area contributed by atoms with Gasteiger partial charge in [0.05, 0.1) is 17.5 Å². The predicted molar refractivity (Wildman–Crippen MR) is 121 cm³/mol. The SMILES string of the molecule is CC(=O)Nc1ccc(NS(C)(=O)=O)c(C(=O)Nc2ccc(C(=O)NC(C)(C)C)cc2)c1. The first kappa shape index (κ1) is 23.9. The zero-order valence-corrected chi connectivity index (χ0v) is 18.8. The van der Waals surface area contributed by atoms with Crippen LogP contribution in [0.2, 0.25) is 0 Å². The van der Waals surface area contributed by atoms with Crippen molar-refractivity contribution in [3.63, 3.8) is 0 Å². The lowest BCUT2D eigenvalue weighted by atomic mass is 10.1. The van der Waals surface area contributed by atoms with Crippen molar-refractivity contribution in [1.82, 2.24) is 5.32 Å². The van der Waals surface area contributed by atoms with Crippen molar-refractivity contribution < 1.29 is 22.8 Å². The second-order valence-corrected chi connectivity index (χ2v) is 9.80. The Morgan fingerprint density at radius 1 is 0.839 bits per heavy atom. The fraction of sp³-hybridized carbons (Fsp3) is 0.286. The molecule has 2 aromatic carbocycles. The molecule has 0 aliphatic rings. The summed E-state index contributed by atoms with van der Waals surface area (Å²) in [4.78, 5) is 36.4. The highest BCUT2D eigenvalue weighted by Gasteiger charge is 2.17. The first-order chi connectivity index (χ1) is 14.2. The van der Waals surface area contributed by atoms with Crippen molar-refractivity contribution in [1.29, 1.82) is 0 Å². The highest BCUT2D eigenvalue weighted by atomic mass is 32.2. The number of anilines is 3. The van der Waals surface area contributed by atoms with Crippen LogP contribution in [0.15, 0.2) is 42.5 Å². The van der Waals surface area contributed by atoms with Crippen molar-refractivity contribution in [3.8, 4) is 0 Å². The third-order valence-corrected chi connectivity index (χ3v) is 4.36. The minimum atomic E-state index is -3.63. The molecule has 0 aliphatic carbocycles. The van der Waals surface area contributed by atoms with Crippen LogP contribution in [0.4, 0.5) is 17.1 Å². The number of carbonyl (C=O) groups excluding carboxylic acids is 3. The van der Waals surface area contributed by atoms with Gasteiger partial charge in [0, 0.05) is 29.4 Å². The van der Waals surface area contributed by atoms with E-state index in [1.165, 1.54) is 25.1 Å². The Kier molecular flexibility index (Phi) is 7.06. The van der Waals surface area contributed by atoms with E-state index in [1.54, 1.807) is 24.3 Å². The van der Waals surface area contributed by atoms with Crippen molar-refractivity contribution in [2.45, 2.75) is 33.2 Å². The molecule has 0 aromatic heterocycles. The topological polar surface area (TPSA) is 133 Å². The number of hydrogen-bond donors (Lipinski definition) is 4. The molecule has 0 unspecified atom stereocenters. The minimum Gasteiger partial charge on any atom is -0.347 e. The standard InChI is InChI=1S/C21H26N4O5S/c1-13(26)22-16-10-11-18(25-31(5,29)30)17(12-16)20(28)23-15-8-6-14(7-9-15)19(27)24-21(2,3)4/h6-12,25H,1-5H3,(H,22,26)(H,23,28)(H,24,27). The lowest BCUT2D eigenvalue weighted by Gasteiger charge is -2.20. The van der Waals surface area contributed by atoms with Crippen LogP contribution >= 0.6 is 0 Å². The molecule has 0 bridgehead atoms. The average molecular weight is 447 g/mol. The van der Waals surface area contributed by atoms with E-state index in [-0.39, 0.29) is 28.6 Å². The Morgan fingerprint density at radius 2 is 1.42 bits per heavy atom. The van der Waals surface area contributed by atoms with Crippen LogP contribution in [0.25, 0.3) is 0 Å². The van der Waals surface area contributed by atoms with Crippen molar-refractivity contribution in [3.05, 3.63) is 53.6 Å². The smallest absolute Gasteiger partial charge is 0.257 e. The summed E-state index contributed by atoms with van der Waals surface area (Å²) < 4.78 is 25.6. The maximum absolute atomic E-state index is 12.8. The molecule has 4 N–H and O–H groups in total. The van der Waals surface area contributed by atoms with E-state index in [1.807, 2.05) is 20.8 Å². The fourth-order valence-corrected chi connectivity index (χ4v) is 3.20. The van der Waals surface area contributed by atoms with E-state index < -0.39 is 15.9 Å². The molecule has 166 valence electrons. The monoisotopic (exact) mass is 446 g/mol. The minimum absolute atomic E-state index is 0.0197. The van der Waals surface area contributed by atoms with E-state index in [9.17, 15) is 22.8 Å². The maximum atomic E-state index is 12.8. The van der Waals surface area contributed by atoms with E-state index in [2.05, 4.69) is 20.7 Å². The number of hydrogen-bond acceptors (Lipinski definition) is 5. The summed E-state index contributed by atoms with van der Waals surface area (Å²) >= 11 is 0. The molecule has 0 heterocycles. The van der Waals surface area contributed by atoms with Crippen molar-refractivity contribution in [2.24, 2.45) is 0 Å². The van der Waals surface area contributed by atoms with E-state index in [0.29, 0.717) is 16.9 Å². The van der Waals surface area contributed by atoms with Gasteiger partial charge in [-0.15, -0.1) is 0 Å². The summed E-state index contributed by atoms with van der Waals surface area (Å²) in [7, 11) is -3.63. The lowest BCUT2D eigenvalue weighted by molar-refractivity contribution is -0.114. The fourth-order valence-electron chi connectivity index (χ4n) is 2.62. The van der Waals surface area contributed by atoms with Crippen LogP contribution in [0, 0.1) is 0 Å². The van der Waals surface area contributed by atoms with Gasteiger partial charge in [-0.05, 0) is 63.2 Å².